The minimum Gasteiger partial charge on any atom is -0.381 e. The van der Waals surface area contributed by atoms with Gasteiger partial charge in [0.25, 0.3) is 0 Å². The van der Waals surface area contributed by atoms with Crippen LogP contribution >= 0.6 is 0 Å². The van der Waals surface area contributed by atoms with Crippen LogP contribution in [0.1, 0.15) is 45.4 Å². The second-order valence-electron chi connectivity index (χ2n) is 6.34. The van der Waals surface area contributed by atoms with E-state index in [-0.39, 0.29) is 11.9 Å². The van der Waals surface area contributed by atoms with Gasteiger partial charge >= 0.3 is 0 Å². The fraction of sp³-hybridized carbons (Fsp3) is 1.00. The zero-order chi connectivity index (χ0) is 13.1. The normalized spacial score (nSPS) is 35.8. The molecule has 3 aliphatic rings. The Hall–Kier alpha value is -0.160. The van der Waals surface area contributed by atoms with E-state index < -0.39 is 0 Å². The fourth-order valence-electron chi connectivity index (χ4n) is 3.50. The Morgan fingerprint density at radius 2 is 2.05 bits per heavy atom. The van der Waals surface area contributed by atoms with E-state index in [1.54, 1.807) is 0 Å². The van der Waals surface area contributed by atoms with Crippen LogP contribution in [0.4, 0.5) is 0 Å². The molecule has 2 heterocycles. The van der Waals surface area contributed by atoms with Gasteiger partial charge in [-0.2, -0.15) is 0 Å². The van der Waals surface area contributed by atoms with Gasteiger partial charge in [-0.05, 0) is 32.1 Å². The quantitative estimate of drug-likeness (QED) is 0.848. The Morgan fingerprint density at radius 3 is 2.79 bits per heavy atom. The molecule has 19 heavy (non-hydrogen) atoms. The highest BCUT2D eigenvalue weighted by atomic mass is 16.7. The SMILES string of the molecule is C[C@H](NC[C@H]1COC2(CCCCC2)O1)[C@@H]1CCOC1. The standard InChI is InChI=1S/C15H27NO3/c1-12(13-5-8-17-10-13)16-9-14-11-18-15(19-14)6-3-2-4-7-15/h12-14,16H,2-11H2,1H3/t12-,13+,14-/m0/s1. The Morgan fingerprint density at radius 1 is 1.21 bits per heavy atom. The van der Waals surface area contributed by atoms with Crippen molar-refractivity contribution in [2.75, 3.05) is 26.4 Å². The van der Waals surface area contributed by atoms with Crippen molar-refractivity contribution in [3.05, 3.63) is 0 Å². The van der Waals surface area contributed by atoms with Crippen LogP contribution in [0.15, 0.2) is 0 Å². The molecule has 0 unspecified atom stereocenters. The van der Waals surface area contributed by atoms with Gasteiger partial charge in [-0.3, -0.25) is 0 Å². The maximum absolute atomic E-state index is 6.19. The van der Waals surface area contributed by atoms with Crippen molar-refractivity contribution in [1.82, 2.24) is 5.32 Å². The van der Waals surface area contributed by atoms with E-state index in [0.29, 0.717) is 12.0 Å². The molecule has 0 bridgehead atoms. The maximum Gasteiger partial charge on any atom is 0.168 e. The molecule has 1 saturated carbocycles. The van der Waals surface area contributed by atoms with E-state index >= 15 is 0 Å². The molecule has 1 N–H and O–H groups in total. The summed E-state index contributed by atoms with van der Waals surface area (Å²) in [7, 11) is 0. The van der Waals surface area contributed by atoms with E-state index in [4.69, 9.17) is 14.2 Å². The molecule has 4 nitrogen and oxygen atoms in total. The summed E-state index contributed by atoms with van der Waals surface area (Å²) in [6.07, 6.45) is 7.38. The van der Waals surface area contributed by atoms with E-state index in [1.165, 1.54) is 25.7 Å². The minimum absolute atomic E-state index is 0.225. The molecule has 2 saturated heterocycles. The van der Waals surface area contributed by atoms with E-state index in [2.05, 4.69) is 12.2 Å². The van der Waals surface area contributed by atoms with Gasteiger partial charge in [0, 0.05) is 32.0 Å². The zero-order valence-electron chi connectivity index (χ0n) is 12.0. The monoisotopic (exact) mass is 269 g/mol. The highest BCUT2D eigenvalue weighted by Gasteiger charge is 2.42. The average Bonchev–Trinajstić information content (AvgIpc) is 3.08. The predicted molar refractivity (Wildman–Crippen MR) is 73.0 cm³/mol. The first-order valence-corrected chi connectivity index (χ1v) is 7.90. The summed E-state index contributed by atoms with van der Waals surface area (Å²) in [5.41, 5.74) is 0. The van der Waals surface area contributed by atoms with E-state index in [1.807, 2.05) is 0 Å². The maximum atomic E-state index is 6.19. The Kier molecular flexibility index (Phi) is 4.42. The average molecular weight is 269 g/mol. The highest BCUT2D eigenvalue weighted by molar-refractivity contribution is 4.84. The first-order valence-electron chi connectivity index (χ1n) is 7.90. The minimum atomic E-state index is -0.232. The van der Waals surface area contributed by atoms with Crippen LogP contribution < -0.4 is 5.32 Å². The first-order chi connectivity index (χ1) is 9.27. The van der Waals surface area contributed by atoms with Crippen LogP contribution in [0.5, 0.6) is 0 Å². The van der Waals surface area contributed by atoms with Crippen molar-refractivity contribution in [3.8, 4) is 0 Å². The second kappa shape index (κ2) is 6.08. The smallest absolute Gasteiger partial charge is 0.168 e. The molecule has 0 radical (unpaired) electrons. The number of rotatable bonds is 4. The summed E-state index contributed by atoms with van der Waals surface area (Å²) < 4.78 is 17.6. The molecule has 0 aromatic heterocycles. The summed E-state index contributed by atoms with van der Waals surface area (Å²) in [5, 5.41) is 3.60. The van der Waals surface area contributed by atoms with Gasteiger partial charge in [-0.15, -0.1) is 0 Å². The third-order valence-electron chi connectivity index (χ3n) is 4.87. The molecule has 3 fully saturated rings. The lowest BCUT2D eigenvalue weighted by Gasteiger charge is -2.32. The fourth-order valence-corrected chi connectivity index (χ4v) is 3.50. The van der Waals surface area contributed by atoms with Gasteiger partial charge in [0.15, 0.2) is 5.79 Å². The predicted octanol–water partition coefficient (Wildman–Crippen LogP) is 2.08. The van der Waals surface area contributed by atoms with Crippen molar-refractivity contribution in [1.29, 1.82) is 0 Å². The molecule has 1 aliphatic carbocycles. The van der Waals surface area contributed by atoms with Crippen LogP contribution in [-0.4, -0.2) is 44.3 Å². The van der Waals surface area contributed by atoms with Crippen molar-refractivity contribution in [2.24, 2.45) is 5.92 Å². The van der Waals surface area contributed by atoms with Gasteiger partial charge < -0.3 is 19.5 Å². The van der Waals surface area contributed by atoms with Crippen molar-refractivity contribution >= 4 is 0 Å². The third-order valence-corrected chi connectivity index (χ3v) is 4.87. The summed E-state index contributed by atoms with van der Waals surface area (Å²) >= 11 is 0. The molecular weight excluding hydrogens is 242 g/mol. The second-order valence-corrected chi connectivity index (χ2v) is 6.34. The molecule has 110 valence electrons. The molecule has 2 aliphatic heterocycles. The molecular formula is C15H27NO3. The molecule has 0 aromatic rings. The lowest BCUT2D eigenvalue weighted by molar-refractivity contribution is -0.186. The van der Waals surface area contributed by atoms with Crippen LogP contribution in [0.2, 0.25) is 0 Å². The third kappa shape index (κ3) is 3.30. The first kappa shape index (κ1) is 13.8. The summed E-state index contributed by atoms with van der Waals surface area (Å²) in [5.74, 6) is 0.426. The Balaban J connectivity index is 1.41. The summed E-state index contributed by atoms with van der Waals surface area (Å²) in [6, 6.07) is 0.508. The van der Waals surface area contributed by atoms with Crippen LogP contribution in [0, 0.1) is 5.92 Å². The highest BCUT2D eigenvalue weighted by Crippen LogP contribution is 2.37. The van der Waals surface area contributed by atoms with Crippen LogP contribution in [0.3, 0.4) is 0 Å². The molecule has 0 aromatic carbocycles. The molecule has 0 amide bonds. The lowest BCUT2D eigenvalue weighted by atomic mass is 9.94. The molecule has 4 heteroatoms. The number of ether oxygens (including phenoxy) is 3. The van der Waals surface area contributed by atoms with Gasteiger partial charge in [0.05, 0.1) is 19.3 Å². The topological polar surface area (TPSA) is 39.7 Å². The van der Waals surface area contributed by atoms with Crippen LogP contribution in [-0.2, 0) is 14.2 Å². The van der Waals surface area contributed by atoms with Crippen LogP contribution in [0.25, 0.3) is 0 Å². The van der Waals surface area contributed by atoms with E-state index in [9.17, 15) is 0 Å². The summed E-state index contributed by atoms with van der Waals surface area (Å²) in [6.45, 7) is 5.73. The lowest BCUT2D eigenvalue weighted by Crippen LogP contribution is -2.40. The van der Waals surface area contributed by atoms with Gasteiger partial charge in [-0.1, -0.05) is 6.42 Å². The molecule has 1 spiro atoms. The van der Waals surface area contributed by atoms with Crippen molar-refractivity contribution in [2.45, 2.75) is 63.4 Å². The van der Waals surface area contributed by atoms with E-state index in [0.717, 1.165) is 39.2 Å². The van der Waals surface area contributed by atoms with Gasteiger partial charge in [-0.25, -0.2) is 0 Å². The van der Waals surface area contributed by atoms with Gasteiger partial charge in [0.2, 0.25) is 0 Å². The number of hydrogen-bond acceptors (Lipinski definition) is 4. The Bertz CT molecular complexity index is 285. The molecule has 3 atom stereocenters. The summed E-state index contributed by atoms with van der Waals surface area (Å²) in [4.78, 5) is 0. The number of nitrogens with one attached hydrogen (secondary N) is 1. The largest absolute Gasteiger partial charge is 0.381 e. The zero-order valence-corrected chi connectivity index (χ0v) is 12.0. The Labute approximate surface area is 116 Å². The molecule has 3 rings (SSSR count). The van der Waals surface area contributed by atoms with Crippen molar-refractivity contribution in [3.63, 3.8) is 0 Å². The number of hydrogen-bond donors (Lipinski definition) is 1. The van der Waals surface area contributed by atoms with Gasteiger partial charge in [0.1, 0.15) is 0 Å². The van der Waals surface area contributed by atoms with Crippen molar-refractivity contribution < 1.29 is 14.2 Å².